The molecule has 1 aromatic heterocycles. The SMILES string of the molecule is FC(F)Oc1cccc(NCc2cccc3[nH]ccc23)c1. The maximum atomic E-state index is 12.2. The molecular weight excluding hydrogens is 274 g/mol. The fourth-order valence-corrected chi connectivity index (χ4v) is 2.28. The monoisotopic (exact) mass is 288 g/mol. The van der Waals surface area contributed by atoms with Gasteiger partial charge in [-0.25, -0.2) is 0 Å². The Bertz CT molecular complexity index is 740. The number of alkyl halides is 2. The molecule has 0 aliphatic heterocycles. The Kier molecular flexibility index (Phi) is 3.73. The van der Waals surface area contributed by atoms with E-state index in [-0.39, 0.29) is 5.75 Å². The average molecular weight is 288 g/mol. The van der Waals surface area contributed by atoms with E-state index in [0.717, 1.165) is 22.2 Å². The van der Waals surface area contributed by atoms with Crippen LogP contribution in [0.1, 0.15) is 5.56 Å². The van der Waals surface area contributed by atoms with Crippen molar-refractivity contribution < 1.29 is 13.5 Å². The summed E-state index contributed by atoms with van der Waals surface area (Å²) in [6, 6.07) is 14.6. The van der Waals surface area contributed by atoms with Crippen molar-refractivity contribution >= 4 is 16.6 Å². The third-order valence-electron chi connectivity index (χ3n) is 3.23. The Morgan fingerprint density at radius 2 is 1.95 bits per heavy atom. The zero-order chi connectivity index (χ0) is 14.7. The van der Waals surface area contributed by atoms with Gasteiger partial charge in [0.15, 0.2) is 0 Å². The molecule has 0 amide bonds. The number of benzene rings is 2. The molecule has 0 saturated carbocycles. The highest BCUT2D eigenvalue weighted by Gasteiger charge is 2.05. The molecule has 0 unspecified atom stereocenters. The number of nitrogens with one attached hydrogen (secondary N) is 2. The number of halogens is 2. The van der Waals surface area contributed by atoms with Gasteiger partial charge >= 0.3 is 6.61 Å². The van der Waals surface area contributed by atoms with Crippen LogP contribution >= 0.6 is 0 Å². The maximum Gasteiger partial charge on any atom is 0.387 e. The third kappa shape index (κ3) is 3.13. The quantitative estimate of drug-likeness (QED) is 0.731. The summed E-state index contributed by atoms with van der Waals surface area (Å²) in [5.74, 6) is 0.148. The molecule has 21 heavy (non-hydrogen) atoms. The Hall–Kier alpha value is -2.56. The van der Waals surface area contributed by atoms with Crippen LogP contribution in [0.4, 0.5) is 14.5 Å². The zero-order valence-electron chi connectivity index (χ0n) is 11.1. The molecule has 0 fully saturated rings. The Labute approximate surface area is 120 Å². The molecule has 0 aliphatic carbocycles. The summed E-state index contributed by atoms with van der Waals surface area (Å²) in [6.45, 7) is -2.21. The molecule has 0 saturated heterocycles. The van der Waals surface area contributed by atoms with Gasteiger partial charge in [0.2, 0.25) is 0 Å². The van der Waals surface area contributed by atoms with Gasteiger partial charge in [0, 0.05) is 35.4 Å². The van der Waals surface area contributed by atoms with Gasteiger partial charge in [0.05, 0.1) is 0 Å². The number of hydrogen-bond acceptors (Lipinski definition) is 2. The molecule has 0 radical (unpaired) electrons. The molecule has 0 bridgehead atoms. The van der Waals surface area contributed by atoms with E-state index >= 15 is 0 Å². The van der Waals surface area contributed by atoms with Crippen molar-refractivity contribution in [2.75, 3.05) is 5.32 Å². The fraction of sp³-hybridized carbons (Fsp3) is 0.125. The van der Waals surface area contributed by atoms with E-state index in [1.165, 1.54) is 6.07 Å². The molecule has 0 atom stereocenters. The van der Waals surface area contributed by atoms with Gasteiger partial charge in [-0.15, -0.1) is 0 Å². The molecular formula is C16H14F2N2O. The summed E-state index contributed by atoms with van der Waals surface area (Å²) >= 11 is 0. The summed E-state index contributed by atoms with van der Waals surface area (Å²) in [4.78, 5) is 3.16. The van der Waals surface area contributed by atoms with Crippen LogP contribution in [0.2, 0.25) is 0 Å². The van der Waals surface area contributed by atoms with E-state index in [4.69, 9.17) is 0 Å². The van der Waals surface area contributed by atoms with Crippen molar-refractivity contribution in [1.29, 1.82) is 0 Å². The second-order valence-electron chi connectivity index (χ2n) is 4.62. The molecule has 1 heterocycles. The van der Waals surface area contributed by atoms with Gasteiger partial charge < -0.3 is 15.0 Å². The molecule has 5 heteroatoms. The van der Waals surface area contributed by atoms with Gasteiger partial charge in [-0.3, -0.25) is 0 Å². The molecule has 3 aromatic rings. The van der Waals surface area contributed by atoms with Crippen molar-refractivity contribution in [2.45, 2.75) is 13.2 Å². The van der Waals surface area contributed by atoms with Crippen LogP contribution in [0.3, 0.4) is 0 Å². The van der Waals surface area contributed by atoms with Crippen molar-refractivity contribution in [3.05, 3.63) is 60.3 Å². The average Bonchev–Trinajstić information content (AvgIpc) is 2.93. The second kappa shape index (κ2) is 5.83. The topological polar surface area (TPSA) is 37.0 Å². The van der Waals surface area contributed by atoms with Crippen LogP contribution in [0, 0.1) is 0 Å². The molecule has 3 rings (SSSR count). The first-order valence-corrected chi connectivity index (χ1v) is 6.56. The molecule has 0 spiro atoms. The third-order valence-corrected chi connectivity index (χ3v) is 3.23. The fourth-order valence-electron chi connectivity index (χ4n) is 2.28. The van der Waals surface area contributed by atoms with E-state index in [0.29, 0.717) is 6.54 Å². The van der Waals surface area contributed by atoms with Gasteiger partial charge in [-0.1, -0.05) is 18.2 Å². The smallest absolute Gasteiger partial charge is 0.387 e. The number of aromatic nitrogens is 1. The number of anilines is 1. The minimum atomic E-state index is -2.81. The van der Waals surface area contributed by atoms with Crippen molar-refractivity contribution in [2.24, 2.45) is 0 Å². The lowest BCUT2D eigenvalue weighted by Gasteiger charge is -2.10. The van der Waals surface area contributed by atoms with Crippen molar-refractivity contribution in [1.82, 2.24) is 4.98 Å². The lowest BCUT2D eigenvalue weighted by Crippen LogP contribution is -2.03. The van der Waals surface area contributed by atoms with Gasteiger partial charge in [0.1, 0.15) is 5.75 Å². The summed E-state index contributed by atoms with van der Waals surface area (Å²) in [5, 5.41) is 4.36. The molecule has 0 aliphatic rings. The van der Waals surface area contributed by atoms with E-state index < -0.39 is 6.61 Å². The van der Waals surface area contributed by atoms with E-state index in [1.54, 1.807) is 12.1 Å². The van der Waals surface area contributed by atoms with Crippen molar-refractivity contribution in [3.63, 3.8) is 0 Å². The predicted octanol–water partition coefficient (Wildman–Crippen LogP) is 4.38. The predicted molar refractivity (Wildman–Crippen MR) is 78.7 cm³/mol. The number of H-pyrrole nitrogens is 1. The normalized spacial score (nSPS) is 11.0. The summed E-state index contributed by atoms with van der Waals surface area (Å²) in [7, 11) is 0. The van der Waals surface area contributed by atoms with E-state index in [1.807, 2.05) is 36.5 Å². The molecule has 2 aromatic carbocycles. The molecule has 3 nitrogen and oxygen atoms in total. The zero-order valence-corrected chi connectivity index (χ0v) is 11.1. The largest absolute Gasteiger partial charge is 0.435 e. The van der Waals surface area contributed by atoms with Crippen LogP contribution in [-0.4, -0.2) is 11.6 Å². The number of rotatable bonds is 5. The van der Waals surface area contributed by atoms with E-state index in [2.05, 4.69) is 15.0 Å². The Balaban J connectivity index is 1.74. The first-order valence-electron chi connectivity index (χ1n) is 6.56. The second-order valence-corrected chi connectivity index (χ2v) is 4.62. The van der Waals surface area contributed by atoms with Crippen LogP contribution < -0.4 is 10.1 Å². The van der Waals surface area contributed by atoms with Crippen LogP contribution in [0.25, 0.3) is 10.9 Å². The Morgan fingerprint density at radius 1 is 1.10 bits per heavy atom. The minimum absolute atomic E-state index is 0.148. The first kappa shape index (κ1) is 13.4. The Morgan fingerprint density at radius 3 is 2.81 bits per heavy atom. The standard InChI is InChI=1S/C16H14F2N2O/c17-16(18)21-13-5-2-4-12(9-13)20-10-11-3-1-6-15-14(11)7-8-19-15/h1-9,16,19-20H,10H2. The maximum absolute atomic E-state index is 12.2. The number of hydrogen-bond donors (Lipinski definition) is 2. The van der Waals surface area contributed by atoms with E-state index in [9.17, 15) is 8.78 Å². The lowest BCUT2D eigenvalue weighted by molar-refractivity contribution is -0.0498. The first-order chi connectivity index (χ1) is 10.2. The molecule has 2 N–H and O–H groups in total. The summed E-state index contributed by atoms with van der Waals surface area (Å²) in [5.41, 5.74) is 2.94. The van der Waals surface area contributed by atoms with Crippen molar-refractivity contribution in [3.8, 4) is 5.75 Å². The van der Waals surface area contributed by atoms with Crippen LogP contribution in [0.5, 0.6) is 5.75 Å². The number of aromatic amines is 1. The number of fused-ring (bicyclic) bond motifs is 1. The molecule has 108 valence electrons. The van der Waals surface area contributed by atoms with Gasteiger partial charge in [-0.05, 0) is 29.8 Å². The highest BCUT2D eigenvalue weighted by atomic mass is 19.3. The highest BCUT2D eigenvalue weighted by Crippen LogP contribution is 2.22. The highest BCUT2D eigenvalue weighted by molar-refractivity contribution is 5.83. The van der Waals surface area contributed by atoms with Gasteiger partial charge in [-0.2, -0.15) is 8.78 Å². The van der Waals surface area contributed by atoms with Crippen LogP contribution in [-0.2, 0) is 6.54 Å². The summed E-state index contributed by atoms with van der Waals surface area (Å²) < 4.78 is 28.8. The lowest BCUT2D eigenvalue weighted by atomic mass is 10.1. The minimum Gasteiger partial charge on any atom is -0.435 e. The van der Waals surface area contributed by atoms with Crippen LogP contribution in [0.15, 0.2) is 54.7 Å². The summed E-state index contributed by atoms with van der Waals surface area (Å²) in [6.07, 6.45) is 1.89. The number of ether oxygens (including phenoxy) is 1. The van der Waals surface area contributed by atoms with Gasteiger partial charge in [0.25, 0.3) is 0 Å².